The second-order valence-electron chi connectivity index (χ2n) is 6.33. The first-order valence-electron chi connectivity index (χ1n) is 8.39. The summed E-state index contributed by atoms with van der Waals surface area (Å²) in [4.78, 5) is 18.1. The molecule has 1 fully saturated rings. The van der Waals surface area contributed by atoms with Gasteiger partial charge in [-0.1, -0.05) is 30.0 Å². The zero-order valence-corrected chi connectivity index (χ0v) is 16.2. The van der Waals surface area contributed by atoms with Crippen LogP contribution in [0.2, 0.25) is 0 Å². The van der Waals surface area contributed by atoms with E-state index in [-0.39, 0.29) is 28.2 Å². The molecule has 1 atom stereocenters. The molecule has 0 spiro atoms. The molecule has 1 saturated heterocycles. The number of para-hydroxylation sites is 1. The zero-order chi connectivity index (χ0) is 20.4. The first-order valence-corrected chi connectivity index (χ1v) is 11.2. The highest BCUT2D eigenvalue weighted by atomic mass is 32.2. The van der Waals surface area contributed by atoms with Crippen molar-refractivity contribution in [3.05, 3.63) is 54.2 Å². The van der Waals surface area contributed by atoms with Gasteiger partial charge in [0.15, 0.2) is 9.84 Å². The molecule has 1 aliphatic heterocycles. The van der Waals surface area contributed by atoms with Crippen LogP contribution in [-0.4, -0.2) is 42.6 Å². The molecule has 0 N–H and O–H groups in total. The van der Waals surface area contributed by atoms with E-state index in [9.17, 15) is 26.4 Å². The summed E-state index contributed by atoms with van der Waals surface area (Å²) in [6.07, 6.45) is -3.39. The van der Waals surface area contributed by atoms with Gasteiger partial charge >= 0.3 is 6.18 Å². The van der Waals surface area contributed by atoms with E-state index in [0.29, 0.717) is 12.1 Å². The van der Waals surface area contributed by atoms with Crippen molar-refractivity contribution in [2.75, 3.05) is 22.2 Å². The minimum absolute atomic E-state index is 0.0296. The Balaban J connectivity index is 1.73. The first-order chi connectivity index (χ1) is 13.2. The fraction of sp³-hybridized carbons (Fsp3) is 0.333. The lowest BCUT2D eigenvalue weighted by atomic mass is 10.2. The number of aromatic nitrogens is 1. The van der Waals surface area contributed by atoms with Gasteiger partial charge in [-0.05, 0) is 30.7 Å². The molecular weight excluding hydrogens is 413 g/mol. The number of rotatable bonds is 5. The quantitative estimate of drug-likeness (QED) is 0.680. The zero-order valence-electron chi connectivity index (χ0n) is 14.6. The monoisotopic (exact) mass is 430 g/mol. The van der Waals surface area contributed by atoms with Crippen LogP contribution in [0.25, 0.3) is 0 Å². The second-order valence-corrected chi connectivity index (χ2v) is 9.55. The number of benzene rings is 1. The van der Waals surface area contributed by atoms with Crippen LogP contribution in [0.3, 0.4) is 0 Å². The van der Waals surface area contributed by atoms with Crippen LogP contribution >= 0.6 is 11.8 Å². The summed E-state index contributed by atoms with van der Waals surface area (Å²) in [6.45, 7) is 0. The molecule has 3 rings (SSSR count). The van der Waals surface area contributed by atoms with E-state index in [2.05, 4.69) is 4.98 Å². The lowest BCUT2D eigenvalue weighted by molar-refractivity contribution is -0.137. The summed E-state index contributed by atoms with van der Waals surface area (Å²) in [5.74, 6) is -0.456. The lowest BCUT2D eigenvalue weighted by Gasteiger charge is -2.28. The Kier molecular flexibility index (Phi) is 5.99. The van der Waals surface area contributed by atoms with Gasteiger partial charge in [-0.2, -0.15) is 13.2 Å². The lowest BCUT2D eigenvalue weighted by Crippen LogP contribution is -2.42. The molecule has 1 aliphatic rings. The van der Waals surface area contributed by atoms with E-state index >= 15 is 0 Å². The Morgan fingerprint density at radius 2 is 1.89 bits per heavy atom. The van der Waals surface area contributed by atoms with E-state index in [1.165, 1.54) is 11.0 Å². The third-order valence-corrected chi connectivity index (χ3v) is 6.96. The average Bonchev–Trinajstić information content (AvgIpc) is 3.00. The van der Waals surface area contributed by atoms with Crippen molar-refractivity contribution >= 4 is 33.2 Å². The number of alkyl halides is 3. The predicted molar refractivity (Wildman–Crippen MR) is 101 cm³/mol. The van der Waals surface area contributed by atoms with Crippen LogP contribution in [0.4, 0.5) is 18.9 Å². The molecule has 10 heteroatoms. The number of anilines is 1. The van der Waals surface area contributed by atoms with Gasteiger partial charge in [0.25, 0.3) is 0 Å². The van der Waals surface area contributed by atoms with E-state index in [1.54, 1.807) is 30.3 Å². The molecule has 0 aliphatic carbocycles. The molecule has 28 heavy (non-hydrogen) atoms. The summed E-state index contributed by atoms with van der Waals surface area (Å²) in [5, 5.41) is 0.286. The van der Waals surface area contributed by atoms with E-state index in [0.717, 1.165) is 24.0 Å². The van der Waals surface area contributed by atoms with Crippen LogP contribution in [0.15, 0.2) is 53.7 Å². The third kappa shape index (κ3) is 5.05. The summed E-state index contributed by atoms with van der Waals surface area (Å²) in [7, 11) is -3.19. The highest BCUT2D eigenvalue weighted by Crippen LogP contribution is 2.30. The van der Waals surface area contributed by atoms with E-state index in [4.69, 9.17) is 0 Å². The normalized spacial score (nSPS) is 18.8. The van der Waals surface area contributed by atoms with Crippen molar-refractivity contribution in [1.29, 1.82) is 0 Å². The number of halogens is 3. The molecule has 1 aromatic heterocycles. The Morgan fingerprint density at radius 3 is 2.43 bits per heavy atom. The molecule has 0 bridgehead atoms. The average molecular weight is 430 g/mol. The largest absolute Gasteiger partial charge is 0.417 e. The minimum atomic E-state index is -4.47. The first kappa shape index (κ1) is 20.7. The molecule has 2 aromatic rings. The third-order valence-electron chi connectivity index (χ3n) is 4.28. The number of sulfone groups is 1. The van der Waals surface area contributed by atoms with Crippen molar-refractivity contribution in [3.8, 4) is 0 Å². The van der Waals surface area contributed by atoms with Gasteiger partial charge in [-0.15, -0.1) is 0 Å². The molecule has 0 radical (unpaired) electrons. The SMILES string of the molecule is O=C(CSc1ccc(C(F)(F)F)cn1)N(c1ccccc1)[C@H]1CCS(=O)(=O)C1. The van der Waals surface area contributed by atoms with Gasteiger partial charge in [-0.25, -0.2) is 13.4 Å². The molecule has 0 saturated carbocycles. The maximum Gasteiger partial charge on any atom is 0.417 e. The number of nitrogens with zero attached hydrogens (tertiary/aromatic N) is 2. The van der Waals surface area contributed by atoms with Crippen LogP contribution in [0, 0.1) is 0 Å². The Hall–Kier alpha value is -2.07. The smallest absolute Gasteiger partial charge is 0.308 e. The van der Waals surface area contributed by atoms with Gasteiger partial charge in [0.1, 0.15) is 0 Å². The van der Waals surface area contributed by atoms with Crippen molar-refractivity contribution < 1.29 is 26.4 Å². The Morgan fingerprint density at radius 1 is 1.18 bits per heavy atom. The number of amides is 1. The number of carbonyl (C=O) groups excluding carboxylic acids is 1. The summed E-state index contributed by atoms with van der Waals surface area (Å²) < 4.78 is 61.5. The van der Waals surface area contributed by atoms with Gasteiger partial charge < -0.3 is 4.90 Å². The van der Waals surface area contributed by atoms with Crippen LogP contribution in [0.1, 0.15) is 12.0 Å². The standard InChI is InChI=1S/C18H17F3N2O3S2/c19-18(20,21)13-6-7-16(22-10-13)27-11-17(24)23(14-4-2-1-3-5-14)15-8-9-28(25,26)12-15/h1-7,10,15H,8-9,11-12H2/t15-/m0/s1. The van der Waals surface area contributed by atoms with Gasteiger partial charge in [0, 0.05) is 11.9 Å². The van der Waals surface area contributed by atoms with Crippen LogP contribution in [-0.2, 0) is 20.8 Å². The van der Waals surface area contributed by atoms with Crippen LogP contribution in [0.5, 0.6) is 0 Å². The van der Waals surface area contributed by atoms with Crippen molar-refractivity contribution in [2.24, 2.45) is 0 Å². The molecular formula is C18H17F3N2O3S2. The molecule has 5 nitrogen and oxygen atoms in total. The summed E-state index contributed by atoms with van der Waals surface area (Å²) >= 11 is 1.01. The Labute approximate surface area is 164 Å². The summed E-state index contributed by atoms with van der Waals surface area (Å²) in [6, 6.07) is 10.4. The fourth-order valence-corrected chi connectivity index (χ4v) is 5.37. The fourth-order valence-electron chi connectivity index (χ4n) is 2.96. The van der Waals surface area contributed by atoms with Crippen molar-refractivity contribution in [3.63, 3.8) is 0 Å². The molecule has 150 valence electrons. The predicted octanol–water partition coefficient (Wildman–Crippen LogP) is 3.41. The molecule has 1 amide bonds. The minimum Gasteiger partial charge on any atom is -0.308 e. The van der Waals surface area contributed by atoms with Gasteiger partial charge in [0.05, 0.1) is 33.9 Å². The van der Waals surface area contributed by atoms with E-state index in [1.807, 2.05) is 0 Å². The van der Waals surface area contributed by atoms with E-state index < -0.39 is 27.6 Å². The molecule has 0 unspecified atom stereocenters. The van der Waals surface area contributed by atoms with Gasteiger partial charge in [-0.3, -0.25) is 4.79 Å². The maximum atomic E-state index is 12.8. The highest BCUT2D eigenvalue weighted by molar-refractivity contribution is 7.99. The van der Waals surface area contributed by atoms with Crippen molar-refractivity contribution in [2.45, 2.75) is 23.7 Å². The highest BCUT2D eigenvalue weighted by Gasteiger charge is 2.35. The van der Waals surface area contributed by atoms with Crippen molar-refractivity contribution in [1.82, 2.24) is 4.98 Å². The summed E-state index contributed by atoms with van der Waals surface area (Å²) in [5.41, 5.74) is -0.263. The topological polar surface area (TPSA) is 67.3 Å². The number of hydrogen-bond acceptors (Lipinski definition) is 5. The number of pyridine rings is 1. The molecule has 1 aromatic carbocycles. The van der Waals surface area contributed by atoms with Gasteiger partial charge in [0.2, 0.25) is 5.91 Å². The number of thioether (sulfide) groups is 1. The molecule has 2 heterocycles. The number of hydrogen-bond donors (Lipinski definition) is 0. The maximum absolute atomic E-state index is 12.8. The Bertz CT molecular complexity index is 933. The number of carbonyl (C=O) groups is 1. The second kappa shape index (κ2) is 8.12. The van der Waals surface area contributed by atoms with Crippen LogP contribution < -0.4 is 4.90 Å².